The fraction of sp³-hybridized carbons (Fsp3) is 0.417. The molecule has 0 bridgehead atoms. The molecule has 88 valence electrons. The van der Waals surface area contributed by atoms with Crippen molar-refractivity contribution in [1.29, 1.82) is 0 Å². The van der Waals surface area contributed by atoms with E-state index in [0.717, 1.165) is 22.8 Å². The van der Waals surface area contributed by atoms with Gasteiger partial charge in [0.15, 0.2) is 5.78 Å². The summed E-state index contributed by atoms with van der Waals surface area (Å²) in [6.45, 7) is 0.847. The van der Waals surface area contributed by atoms with Crippen LogP contribution in [0.15, 0.2) is 29.2 Å². The Labute approximate surface area is 107 Å². The molecule has 0 aromatic heterocycles. The van der Waals surface area contributed by atoms with E-state index in [4.69, 9.17) is 0 Å². The van der Waals surface area contributed by atoms with E-state index in [1.54, 1.807) is 11.8 Å². The molecule has 1 aromatic rings. The molecular formula is C12H16ClNOS. The van der Waals surface area contributed by atoms with Crippen LogP contribution in [-0.2, 0) is 0 Å². The molecule has 2 rings (SSSR count). The van der Waals surface area contributed by atoms with Gasteiger partial charge >= 0.3 is 0 Å². The lowest BCUT2D eigenvalue weighted by atomic mass is 9.98. The van der Waals surface area contributed by atoms with Gasteiger partial charge < -0.3 is 4.90 Å². The number of hydrogen-bond acceptors (Lipinski definition) is 3. The highest BCUT2D eigenvalue weighted by Gasteiger charge is 2.27. The largest absolute Gasteiger partial charge is 0.309 e. The highest BCUT2D eigenvalue weighted by Crippen LogP contribution is 2.32. The van der Waals surface area contributed by atoms with Crippen molar-refractivity contribution >= 4 is 30.0 Å². The summed E-state index contributed by atoms with van der Waals surface area (Å²) in [5.41, 5.74) is 0.903. The molecule has 0 saturated heterocycles. The molecule has 1 unspecified atom stereocenters. The van der Waals surface area contributed by atoms with Crippen molar-refractivity contribution in [3.8, 4) is 0 Å². The molecule has 4 heteroatoms. The van der Waals surface area contributed by atoms with Gasteiger partial charge in [-0.15, -0.1) is 24.2 Å². The molecule has 0 amide bonds. The van der Waals surface area contributed by atoms with Crippen LogP contribution in [0.1, 0.15) is 10.4 Å². The summed E-state index contributed by atoms with van der Waals surface area (Å²) >= 11 is 1.80. The van der Waals surface area contributed by atoms with Crippen LogP contribution in [0.5, 0.6) is 0 Å². The summed E-state index contributed by atoms with van der Waals surface area (Å²) in [4.78, 5) is 15.3. The number of rotatable bonds is 2. The minimum absolute atomic E-state index is 0. The second-order valence-corrected chi connectivity index (χ2v) is 5.19. The monoisotopic (exact) mass is 257 g/mol. The van der Waals surface area contributed by atoms with Gasteiger partial charge in [-0.3, -0.25) is 4.79 Å². The second-order valence-electron chi connectivity index (χ2n) is 4.13. The van der Waals surface area contributed by atoms with Gasteiger partial charge in [-0.25, -0.2) is 0 Å². The van der Waals surface area contributed by atoms with Crippen molar-refractivity contribution in [1.82, 2.24) is 4.90 Å². The molecule has 0 N–H and O–H groups in total. The van der Waals surface area contributed by atoms with E-state index in [9.17, 15) is 4.79 Å². The third kappa shape index (κ3) is 2.78. The topological polar surface area (TPSA) is 20.3 Å². The Morgan fingerprint density at radius 1 is 1.38 bits per heavy atom. The normalized spacial score (nSPS) is 19.2. The number of benzene rings is 1. The predicted octanol–water partition coefficient (Wildman–Crippen LogP) is 2.57. The fourth-order valence-electron chi connectivity index (χ4n) is 1.86. The molecule has 0 aliphatic carbocycles. The Morgan fingerprint density at radius 2 is 2.06 bits per heavy atom. The summed E-state index contributed by atoms with van der Waals surface area (Å²) in [6, 6.07) is 7.90. The van der Waals surface area contributed by atoms with Gasteiger partial charge in [0.05, 0.1) is 0 Å². The van der Waals surface area contributed by atoms with Crippen LogP contribution >= 0.6 is 24.2 Å². The summed E-state index contributed by atoms with van der Waals surface area (Å²) < 4.78 is 0. The van der Waals surface area contributed by atoms with E-state index in [1.165, 1.54) is 0 Å². The van der Waals surface area contributed by atoms with Crippen molar-refractivity contribution in [3.05, 3.63) is 29.8 Å². The average Bonchev–Trinajstić information content (AvgIpc) is 2.22. The van der Waals surface area contributed by atoms with Crippen molar-refractivity contribution < 1.29 is 4.79 Å². The zero-order chi connectivity index (χ0) is 10.8. The van der Waals surface area contributed by atoms with E-state index in [2.05, 4.69) is 4.90 Å². The minimum atomic E-state index is 0. The smallest absolute Gasteiger partial charge is 0.169 e. The minimum Gasteiger partial charge on any atom is -0.309 e. The van der Waals surface area contributed by atoms with E-state index < -0.39 is 0 Å². The Kier molecular flexibility index (Phi) is 4.84. The Morgan fingerprint density at radius 3 is 2.75 bits per heavy atom. The third-order valence-corrected chi connectivity index (χ3v) is 3.78. The molecule has 1 aromatic carbocycles. The number of Topliss-reactive ketones (excluding diaryl/α,β-unsaturated/α-hetero) is 1. The molecule has 1 aliphatic heterocycles. The maximum atomic E-state index is 12.1. The summed E-state index contributed by atoms with van der Waals surface area (Å²) in [6.07, 6.45) is 0. The lowest BCUT2D eigenvalue weighted by Gasteiger charge is -2.25. The number of ketones is 1. The quantitative estimate of drug-likeness (QED) is 0.812. The average molecular weight is 258 g/mol. The lowest BCUT2D eigenvalue weighted by molar-refractivity contribution is 0.0907. The molecule has 0 saturated carbocycles. The highest BCUT2D eigenvalue weighted by atomic mass is 35.5. The maximum Gasteiger partial charge on any atom is 0.169 e. The van der Waals surface area contributed by atoms with Crippen LogP contribution in [0.3, 0.4) is 0 Å². The Hall–Kier alpha value is -0.510. The van der Waals surface area contributed by atoms with Crippen molar-refractivity contribution in [2.24, 2.45) is 5.92 Å². The fourth-order valence-corrected chi connectivity index (χ4v) is 2.99. The van der Waals surface area contributed by atoms with Gasteiger partial charge in [-0.1, -0.05) is 18.2 Å². The third-order valence-electron chi connectivity index (χ3n) is 2.55. The molecule has 1 atom stereocenters. The van der Waals surface area contributed by atoms with Crippen LogP contribution in [-0.4, -0.2) is 37.1 Å². The first-order valence-corrected chi connectivity index (χ1v) is 6.08. The molecule has 0 radical (unpaired) electrons. The molecule has 0 fully saturated rings. The number of halogens is 1. The van der Waals surface area contributed by atoms with Crippen LogP contribution in [0.25, 0.3) is 0 Å². The van der Waals surface area contributed by atoms with Gasteiger partial charge in [0, 0.05) is 28.7 Å². The van der Waals surface area contributed by atoms with E-state index >= 15 is 0 Å². The Balaban J connectivity index is 0.00000128. The number of carbonyl (C=O) groups excluding carboxylic acids is 1. The van der Waals surface area contributed by atoms with E-state index in [0.29, 0.717) is 5.78 Å². The lowest BCUT2D eigenvalue weighted by Crippen LogP contribution is -2.32. The molecule has 16 heavy (non-hydrogen) atoms. The SMILES string of the molecule is CN(C)CC1CSc2ccccc2C1=O.Cl. The second kappa shape index (κ2) is 5.71. The van der Waals surface area contributed by atoms with Crippen LogP contribution in [0.2, 0.25) is 0 Å². The number of nitrogens with zero attached hydrogens (tertiary/aromatic N) is 1. The summed E-state index contributed by atoms with van der Waals surface area (Å²) in [5, 5.41) is 0. The summed E-state index contributed by atoms with van der Waals surface area (Å²) in [5.74, 6) is 1.37. The number of carbonyl (C=O) groups is 1. The van der Waals surface area contributed by atoms with Crippen LogP contribution in [0.4, 0.5) is 0 Å². The van der Waals surface area contributed by atoms with Gasteiger partial charge in [-0.2, -0.15) is 0 Å². The zero-order valence-corrected chi connectivity index (χ0v) is 11.1. The summed E-state index contributed by atoms with van der Waals surface area (Å²) in [7, 11) is 4.02. The highest BCUT2D eigenvalue weighted by molar-refractivity contribution is 7.99. The number of thioether (sulfide) groups is 1. The van der Waals surface area contributed by atoms with Gasteiger partial charge in [0.2, 0.25) is 0 Å². The number of hydrogen-bond donors (Lipinski definition) is 0. The van der Waals surface area contributed by atoms with Gasteiger partial charge in [0.25, 0.3) is 0 Å². The molecular weight excluding hydrogens is 242 g/mol. The number of fused-ring (bicyclic) bond motifs is 1. The van der Waals surface area contributed by atoms with E-state index in [1.807, 2.05) is 38.4 Å². The van der Waals surface area contributed by atoms with Crippen molar-refractivity contribution in [2.75, 3.05) is 26.4 Å². The van der Waals surface area contributed by atoms with Gasteiger partial charge in [-0.05, 0) is 20.2 Å². The first kappa shape index (κ1) is 13.6. The molecule has 0 spiro atoms. The molecule has 1 heterocycles. The van der Waals surface area contributed by atoms with E-state index in [-0.39, 0.29) is 18.3 Å². The predicted molar refractivity (Wildman–Crippen MR) is 70.8 cm³/mol. The maximum absolute atomic E-state index is 12.1. The molecule has 2 nitrogen and oxygen atoms in total. The zero-order valence-electron chi connectivity index (χ0n) is 9.47. The van der Waals surface area contributed by atoms with Crippen LogP contribution < -0.4 is 0 Å². The molecule has 1 aliphatic rings. The first-order chi connectivity index (χ1) is 7.18. The standard InChI is InChI=1S/C12H15NOS.ClH/c1-13(2)7-9-8-15-11-6-4-3-5-10(11)12(9)14;/h3-6,9H,7-8H2,1-2H3;1H. The van der Waals surface area contributed by atoms with Crippen molar-refractivity contribution in [3.63, 3.8) is 0 Å². The van der Waals surface area contributed by atoms with Crippen LogP contribution in [0, 0.1) is 5.92 Å². The van der Waals surface area contributed by atoms with Gasteiger partial charge in [0.1, 0.15) is 0 Å². The first-order valence-electron chi connectivity index (χ1n) is 5.09. The Bertz CT molecular complexity index is 381. The van der Waals surface area contributed by atoms with Crippen molar-refractivity contribution in [2.45, 2.75) is 4.90 Å².